The smallest absolute Gasteiger partial charge is 0.394 e. The van der Waals surface area contributed by atoms with Crippen LogP contribution in [0, 0.1) is 11.8 Å². The van der Waals surface area contributed by atoms with Gasteiger partial charge in [-0.15, -0.1) is 0 Å². The van der Waals surface area contributed by atoms with E-state index in [0.29, 0.717) is 11.3 Å². The van der Waals surface area contributed by atoms with Crippen LogP contribution in [0.5, 0.6) is 5.75 Å². The zero-order valence-corrected chi connectivity index (χ0v) is 23.3. The summed E-state index contributed by atoms with van der Waals surface area (Å²) in [6.07, 6.45) is 0.108. The highest BCUT2D eigenvalue weighted by Gasteiger charge is 2.63. The molecule has 2 unspecified atom stereocenters. The number of anilines is 2. The van der Waals surface area contributed by atoms with E-state index in [9.17, 15) is 34.8 Å². The Kier molecular flexibility index (Phi) is 7.94. The lowest BCUT2D eigenvalue weighted by molar-refractivity contribution is -0.148. The molecule has 0 aliphatic heterocycles. The third-order valence-corrected chi connectivity index (χ3v) is 7.67. The van der Waals surface area contributed by atoms with Crippen molar-refractivity contribution in [2.75, 3.05) is 38.8 Å². The van der Waals surface area contributed by atoms with Crippen molar-refractivity contribution in [3.05, 3.63) is 38.8 Å². The summed E-state index contributed by atoms with van der Waals surface area (Å²) in [5.41, 5.74) is 7.89. The number of rotatable bonds is 3. The molecule has 4 rings (SSSR count). The normalized spacial score (nSPS) is 26.1. The molecule has 15 nitrogen and oxygen atoms in total. The number of hydrogen-bond acceptors (Lipinski definition) is 12. The van der Waals surface area contributed by atoms with Crippen molar-refractivity contribution in [2.24, 2.45) is 17.6 Å². The van der Waals surface area contributed by atoms with Gasteiger partial charge in [-0.1, -0.05) is 11.6 Å². The van der Waals surface area contributed by atoms with Gasteiger partial charge in [0.05, 0.1) is 28.0 Å². The summed E-state index contributed by atoms with van der Waals surface area (Å²) in [5, 5.41) is 44.4. The minimum atomic E-state index is -4.67. The first-order chi connectivity index (χ1) is 18.2. The Morgan fingerprint density at radius 1 is 1.10 bits per heavy atom. The van der Waals surface area contributed by atoms with Gasteiger partial charge in [-0.2, -0.15) is 8.42 Å². The summed E-state index contributed by atoms with van der Waals surface area (Å²) >= 11 is 6.39. The van der Waals surface area contributed by atoms with Crippen molar-refractivity contribution in [1.82, 2.24) is 4.90 Å². The highest BCUT2D eigenvalue weighted by Crippen LogP contribution is 2.55. The summed E-state index contributed by atoms with van der Waals surface area (Å²) in [6, 6.07) is -1.06. The molecule has 0 spiro atoms. The van der Waals surface area contributed by atoms with E-state index in [1.807, 2.05) is 0 Å². The highest BCUT2D eigenvalue weighted by molar-refractivity contribution is 7.79. The van der Waals surface area contributed by atoms with E-state index in [-0.39, 0.29) is 34.7 Å². The maximum atomic E-state index is 13.7. The number of phenols is 1. The fourth-order valence-electron chi connectivity index (χ4n) is 5.82. The van der Waals surface area contributed by atoms with Crippen molar-refractivity contribution in [3.63, 3.8) is 0 Å². The Morgan fingerprint density at radius 2 is 1.62 bits per heavy atom. The number of likely N-dealkylation sites (N-methyl/N-ethyl adjacent to an activating group) is 1. The van der Waals surface area contributed by atoms with Gasteiger partial charge < -0.3 is 36.8 Å². The molecule has 4 atom stereocenters. The molecule has 17 heteroatoms. The third kappa shape index (κ3) is 4.76. The predicted molar refractivity (Wildman–Crippen MR) is 142 cm³/mol. The van der Waals surface area contributed by atoms with Crippen LogP contribution in [-0.4, -0.2) is 100 Å². The fraction of sp³-hybridized carbons (Fsp3) is 0.435. The van der Waals surface area contributed by atoms with Crippen LogP contribution in [0.4, 0.5) is 11.4 Å². The molecule has 40 heavy (non-hydrogen) atoms. The number of nitrogens with zero attached hydrogens (tertiary/aromatic N) is 2. The third-order valence-electron chi connectivity index (χ3n) is 7.29. The molecular formula is C23H29ClN4O11S. The van der Waals surface area contributed by atoms with Gasteiger partial charge in [-0.25, -0.2) is 0 Å². The number of nitrogens with two attached hydrogens (primary N) is 2. The number of nitrogen functional groups attached to an aromatic ring is 1. The first-order valence-corrected chi connectivity index (χ1v) is 13.3. The average molecular weight is 605 g/mol. The largest absolute Gasteiger partial charge is 0.510 e. The maximum absolute atomic E-state index is 13.7. The number of fused-ring (bicyclic) bond motifs is 3. The van der Waals surface area contributed by atoms with E-state index in [1.54, 1.807) is 33.1 Å². The molecule has 0 saturated carbocycles. The number of halogens is 1. The van der Waals surface area contributed by atoms with E-state index >= 15 is 0 Å². The lowest BCUT2D eigenvalue weighted by atomic mass is 9.58. The van der Waals surface area contributed by atoms with Crippen molar-refractivity contribution in [2.45, 2.75) is 24.5 Å². The van der Waals surface area contributed by atoms with E-state index < -0.39 is 74.2 Å². The Hall–Kier alpha value is -3.41. The molecule has 0 heterocycles. The van der Waals surface area contributed by atoms with E-state index in [0.717, 1.165) is 0 Å². The van der Waals surface area contributed by atoms with Gasteiger partial charge in [0.25, 0.3) is 5.91 Å². The van der Waals surface area contributed by atoms with Gasteiger partial charge in [-0.05, 0) is 38.4 Å². The van der Waals surface area contributed by atoms with Gasteiger partial charge in [0.15, 0.2) is 17.1 Å². The second kappa shape index (κ2) is 10.2. The zero-order chi connectivity index (χ0) is 30.8. The van der Waals surface area contributed by atoms with E-state index in [1.165, 1.54) is 4.90 Å². The second-order valence-corrected chi connectivity index (χ2v) is 11.4. The molecule has 1 amide bonds. The summed E-state index contributed by atoms with van der Waals surface area (Å²) in [6.45, 7) is 0. The molecule has 0 fully saturated rings. The molecule has 3 aliphatic carbocycles. The van der Waals surface area contributed by atoms with Gasteiger partial charge in [0, 0.05) is 25.6 Å². The lowest BCUT2D eigenvalue weighted by Gasteiger charge is -2.50. The van der Waals surface area contributed by atoms with Gasteiger partial charge >= 0.3 is 10.4 Å². The number of carbonyl (C=O) groups excluding carboxylic acids is 3. The second-order valence-electron chi connectivity index (χ2n) is 10.1. The number of phenolic OH excluding ortho intramolecular Hbond substituents is 1. The Morgan fingerprint density at radius 3 is 2.08 bits per heavy atom. The van der Waals surface area contributed by atoms with Crippen molar-refractivity contribution in [1.29, 1.82) is 0 Å². The number of hydrogen-bond donors (Lipinski definition) is 8. The molecule has 10 N–H and O–H groups in total. The molecule has 0 bridgehead atoms. The van der Waals surface area contributed by atoms with Crippen LogP contribution < -0.4 is 16.4 Å². The minimum absolute atomic E-state index is 0.0125. The van der Waals surface area contributed by atoms with E-state index in [2.05, 4.69) is 0 Å². The number of aromatic hydroxyl groups is 1. The highest BCUT2D eigenvalue weighted by atomic mass is 35.5. The van der Waals surface area contributed by atoms with Gasteiger partial charge in [0.2, 0.25) is 5.78 Å². The number of aliphatic hydroxyl groups is 3. The number of Topliss-reactive ketones (excluding diaryl/α,β-unsaturated/α-hetero) is 2. The van der Waals surface area contributed by atoms with Crippen molar-refractivity contribution < 1.29 is 52.3 Å². The summed E-state index contributed by atoms with van der Waals surface area (Å²) in [7, 11) is 1.86. The Balaban J connectivity index is 0.000000810. The molecule has 1 aromatic carbocycles. The molecule has 0 radical (unpaired) electrons. The number of amides is 1. The van der Waals surface area contributed by atoms with Crippen LogP contribution in [0.2, 0.25) is 5.02 Å². The Bertz CT molecular complexity index is 1490. The number of carbonyl (C=O) groups is 3. The maximum Gasteiger partial charge on any atom is 0.394 e. The quantitative estimate of drug-likeness (QED) is 0.0958. The summed E-state index contributed by atoms with van der Waals surface area (Å²) in [5.74, 6) is -7.31. The first-order valence-electron chi connectivity index (χ1n) is 11.5. The van der Waals surface area contributed by atoms with Crippen LogP contribution in [0.3, 0.4) is 0 Å². The molecule has 1 aromatic rings. The number of ketones is 2. The van der Waals surface area contributed by atoms with Crippen LogP contribution in [-0.2, 0) is 26.4 Å². The summed E-state index contributed by atoms with van der Waals surface area (Å²) < 4.78 is 31.6. The van der Waals surface area contributed by atoms with Crippen LogP contribution >= 0.6 is 11.6 Å². The number of benzene rings is 1. The Labute approximate surface area is 233 Å². The monoisotopic (exact) mass is 604 g/mol. The standard InChI is InChI=1S/C23H27ClN4O7.H2O4S/c1-27(2)15-8-5-7-6-9-16(28(3)4)19(31)12(22(26)34)21(33)23(9,35)20(32)10(7)17(29)11(8)18(30)14(25)13(15)24;1-5(2,3)4/h7,9,16,30-32,35H,5-6,25H2,1-4H3,(H2,26,34);(H2,1,2,3,4)/t7?,9?,16-,23-;/m0./s1. The SMILES string of the molecule is CN(C)c1c(Cl)c(N)c(O)c2c1CC1CC3[C@H](N(C)C)C(O)=C(C(N)=O)C(=O)[C@@]3(O)C(O)=C1C2=O.O=S(=O)(O)O. The first kappa shape index (κ1) is 31.1. The van der Waals surface area contributed by atoms with Gasteiger partial charge in [0.1, 0.15) is 17.1 Å². The van der Waals surface area contributed by atoms with Crippen molar-refractivity contribution in [3.8, 4) is 5.75 Å². The number of aliphatic hydroxyl groups excluding tert-OH is 2. The number of primary amides is 1. The van der Waals surface area contributed by atoms with Crippen molar-refractivity contribution >= 4 is 50.8 Å². The van der Waals surface area contributed by atoms with Gasteiger partial charge in [-0.3, -0.25) is 28.4 Å². The molecular weight excluding hydrogens is 576 g/mol. The average Bonchev–Trinajstić information content (AvgIpc) is 2.78. The lowest BCUT2D eigenvalue weighted by Crippen LogP contribution is -2.63. The fourth-order valence-corrected chi connectivity index (χ4v) is 6.19. The van der Waals surface area contributed by atoms with Crippen LogP contribution in [0.15, 0.2) is 22.7 Å². The molecule has 3 aliphatic rings. The molecule has 0 saturated heterocycles. The van der Waals surface area contributed by atoms with Crippen LogP contribution in [0.1, 0.15) is 22.3 Å². The summed E-state index contributed by atoms with van der Waals surface area (Å²) in [4.78, 5) is 42.1. The molecule has 220 valence electrons. The predicted octanol–water partition coefficient (Wildman–Crippen LogP) is -0.231. The topological polar surface area (TPSA) is 265 Å². The number of allylic oxidation sites excluding steroid dienone is 1. The van der Waals surface area contributed by atoms with E-state index in [4.69, 9.17) is 40.6 Å². The minimum Gasteiger partial charge on any atom is -0.510 e. The van der Waals surface area contributed by atoms with Crippen LogP contribution in [0.25, 0.3) is 0 Å². The zero-order valence-electron chi connectivity index (χ0n) is 21.7. The molecule has 0 aromatic heterocycles.